The first-order valence-corrected chi connectivity index (χ1v) is 7.68. The number of rotatable bonds is 7. The number of nitrogens with one attached hydrogen (secondary N) is 1. The number of benzene rings is 2. The van der Waals surface area contributed by atoms with E-state index in [0.717, 1.165) is 24.9 Å². The van der Waals surface area contributed by atoms with Crippen LogP contribution in [0.25, 0.3) is 0 Å². The van der Waals surface area contributed by atoms with Crippen LogP contribution in [0.1, 0.15) is 37.3 Å². The van der Waals surface area contributed by atoms with E-state index >= 15 is 0 Å². The Morgan fingerprint density at radius 3 is 2.48 bits per heavy atom. The number of halogens is 1. The molecule has 21 heavy (non-hydrogen) atoms. The van der Waals surface area contributed by atoms with Crippen LogP contribution in [0.2, 0.25) is 0 Å². The van der Waals surface area contributed by atoms with E-state index in [9.17, 15) is 4.39 Å². The fraction of sp³-hybridized carbons (Fsp3) is 0.368. The Balaban J connectivity index is 1.73. The minimum Gasteiger partial charge on any atom is -0.314 e. The van der Waals surface area contributed by atoms with Gasteiger partial charge in [0, 0.05) is 6.04 Å². The van der Waals surface area contributed by atoms with Crippen LogP contribution in [0.15, 0.2) is 54.6 Å². The molecule has 2 aromatic carbocycles. The van der Waals surface area contributed by atoms with Gasteiger partial charge < -0.3 is 5.32 Å². The van der Waals surface area contributed by atoms with Crippen LogP contribution < -0.4 is 5.32 Å². The second-order valence-electron chi connectivity index (χ2n) is 5.79. The lowest BCUT2D eigenvalue weighted by atomic mass is 9.98. The Morgan fingerprint density at radius 2 is 1.76 bits per heavy atom. The molecule has 0 aliphatic rings. The van der Waals surface area contributed by atoms with E-state index in [1.165, 1.54) is 11.6 Å². The molecule has 0 heterocycles. The van der Waals surface area contributed by atoms with Gasteiger partial charge in [0.25, 0.3) is 0 Å². The summed E-state index contributed by atoms with van der Waals surface area (Å²) in [4.78, 5) is 0. The van der Waals surface area contributed by atoms with E-state index in [1.54, 1.807) is 12.1 Å². The molecule has 2 atom stereocenters. The molecule has 0 fully saturated rings. The lowest BCUT2D eigenvalue weighted by molar-refractivity contribution is 0.512. The molecule has 0 aromatic heterocycles. The summed E-state index contributed by atoms with van der Waals surface area (Å²) in [5.74, 6) is 0.400. The van der Waals surface area contributed by atoms with E-state index in [4.69, 9.17) is 0 Å². The highest BCUT2D eigenvalue weighted by molar-refractivity contribution is 5.19. The van der Waals surface area contributed by atoms with Gasteiger partial charge in [-0.3, -0.25) is 0 Å². The summed E-state index contributed by atoms with van der Waals surface area (Å²) >= 11 is 0. The van der Waals surface area contributed by atoms with Crippen LogP contribution in [0, 0.1) is 5.82 Å². The monoisotopic (exact) mass is 285 g/mol. The van der Waals surface area contributed by atoms with E-state index in [1.807, 2.05) is 6.07 Å². The van der Waals surface area contributed by atoms with Crippen molar-refractivity contribution in [3.8, 4) is 0 Å². The molecule has 0 radical (unpaired) electrons. The van der Waals surface area contributed by atoms with Gasteiger partial charge in [-0.1, -0.05) is 49.4 Å². The molecule has 2 rings (SSSR count). The molecule has 2 heteroatoms. The molecule has 0 saturated heterocycles. The lowest BCUT2D eigenvalue weighted by Crippen LogP contribution is -2.29. The molecule has 2 unspecified atom stereocenters. The second kappa shape index (κ2) is 7.94. The summed E-state index contributed by atoms with van der Waals surface area (Å²) in [6.07, 6.45) is 1.97. The Morgan fingerprint density at radius 1 is 1.00 bits per heavy atom. The first-order chi connectivity index (χ1) is 10.1. The van der Waals surface area contributed by atoms with Crippen LogP contribution >= 0.6 is 0 Å². The predicted molar refractivity (Wildman–Crippen MR) is 87.0 cm³/mol. The molecular formula is C19H24FN. The summed E-state index contributed by atoms with van der Waals surface area (Å²) in [5.41, 5.74) is 2.43. The first kappa shape index (κ1) is 15.7. The maximum atomic E-state index is 13.1. The van der Waals surface area contributed by atoms with Crippen LogP contribution in [0.3, 0.4) is 0 Å². The molecule has 0 amide bonds. The Labute approximate surface area is 127 Å². The van der Waals surface area contributed by atoms with Crippen molar-refractivity contribution >= 4 is 0 Å². The lowest BCUT2D eigenvalue weighted by Gasteiger charge is -2.17. The van der Waals surface area contributed by atoms with Crippen molar-refractivity contribution in [3.05, 3.63) is 71.5 Å². The minimum absolute atomic E-state index is 0.155. The topological polar surface area (TPSA) is 12.0 Å². The van der Waals surface area contributed by atoms with Crippen molar-refractivity contribution in [3.63, 3.8) is 0 Å². The molecule has 1 nitrogen and oxygen atoms in total. The van der Waals surface area contributed by atoms with Gasteiger partial charge in [0.2, 0.25) is 0 Å². The van der Waals surface area contributed by atoms with Crippen LogP contribution in [-0.4, -0.2) is 12.6 Å². The van der Waals surface area contributed by atoms with Gasteiger partial charge in [-0.25, -0.2) is 4.39 Å². The summed E-state index contributed by atoms with van der Waals surface area (Å²) < 4.78 is 13.1. The summed E-state index contributed by atoms with van der Waals surface area (Å²) in [6, 6.07) is 17.8. The van der Waals surface area contributed by atoms with Gasteiger partial charge in [-0.2, -0.15) is 0 Å². The highest BCUT2D eigenvalue weighted by Crippen LogP contribution is 2.17. The summed E-state index contributed by atoms with van der Waals surface area (Å²) in [6.45, 7) is 5.39. The van der Waals surface area contributed by atoms with Gasteiger partial charge in [0.15, 0.2) is 0 Å². The highest BCUT2D eigenvalue weighted by Gasteiger charge is 2.07. The van der Waals surface area contributed by atoms with Gasteiger partial charge in [-0.15, -0.1) is 0 Å². The standard InChI is InChI=1S/C19H24FN/c1-15(18-8-4-3-5-9-18)11-12-21-16(2)13-17-7-6-10-19(20)14-17/h3-10,14-16,21H,11-13H2,1-2H3. The van der Waals surface area contributed by atoms with Crippen LogP contribution in [0.5, 0.6) is 0 Å². The molecule has 0 spiro atoms. The van der Waals surface area contributed by atoms with Crippen molar-refractivity contribution in [2.24, 2.45) is 0 Å². The SMILES string of the molecule is CC(Cc1cccc(F)c1)NCCC(C)c1ccccc1. The minimum atomic E-state index is -0.155. The maximum Gasteiger partial charge on any atom is 0.123 e. The fourth-order valence-electron chi connectivity index (χ4n) is 2.58. The van der Waals surface area contributed by atoms with Gasteiger partial charge in [0.05, 0.1) is 0 Å². The van der Waals surface area contributed by atoms with Gasteiger partial charge >= 0.3 is 0 Å². The molecule has 0 bridgehead atoms. The first-order valence-electron chi connectivity index (χ1n) is 7.68. The quantitative estimate of drug-likeness (QED) is 0.787. The molecular weight excluding hydrogens is 261 g/mol. The third-order valence-corrected chi connectivity index (χ3v) is 3.87. The van der Waals surface area contributed by atoms with Crippen LogP contribution in [0.4, 0.5) is 4.39 Å². The van der Waals surface area contributed by atoms with Crippen LogP contribution in [-0.2, 0) is 6.42 Å². The summed E-state index contributed by atoms with van der Waals surface area (Å²) in [7, 11) is 0. The van der Waals surface area contributed by atoms with E-state index < -0.39 is 0 Å². The molecule has 0 aliphatic carbocycles. The summed E-state index contributed by atoms with van der Waals surface area (Å²) in [5, 5.41) is 3.53. The number of hydrogen-bond donors (Lipinski definition) is 1. The third kappa shape index (κ3) is 5.31. The van der Waals surface area contributed by atoms with Crippen molar-refractivity contribution in [1.29, 1.82) is 0 Å². The molecule has 0 saturated carbocycles. The number of hydrogen-bond acceptors (Lipinski definition) is 1. The van der Waals surface area contributed by atoms with Crippen molar-refractivity contribution in [2.45, 2.75) is 38.6 Å². The molecule has 1 N–H and O–H groups in total. The largest absolute Gasteiger partial charge is 0.314 e. The Hall–Kier alpha value is -1.67. The highest BCUT2D eigenvalue weighted by atomic mass is 19.1. The van der Waals surface area contributed by atoms with E-state index in [-0.39, 0.29) is 5.82 Å². The fourth-order valence-corrected chi connectivity index (χ4v) is 2.58. The normalized spacial score (nSPS) is 13.9. The zero-order chi connectivity index (χ0) is 15.1. The Kier molecular flexibility index (Phi) is 5.94. The van der Waals surface area contributed by atoms with Crippen molar-refractivity contribution in [1.82, 2.24) is 5.32 Å². The van der Waals surface area contributed by atoms with Crippen molar-refractivity contribution in [2.75, 3.05) is 6.54 Å². The van der Waals surface area contributed by atoms with Gasteiger partial charge in [-0.05, 0) is 55.5 Å². The van der Waals surface area contributed by atoms with Crippen molar-refractivity contribution < 1.29 is 4.39 Å². The molecule has 0 aliphatic heterocycles. The zero-order valence-electron chi connectivity index (χ0n) is 12.9. The van der Waals surface area contributed by atoms with E-state index in [0.29, 0.717) is 12.0 Å². The molecule has 2 aromatic rings. The average molecular weight is 285 g/mol. The predicted octanol–water partition coefficient (Wildman–Crippen LogP) is 4.54. The smallest absolute Gasteiger partial charge is 0.123 e. The maximum absolute atomic E-state index is 13.1. The van der Waals surface area contributed by atoms with E-state index in [2.05, 4.69) is 49.5 Å². The third-order valence-electron chi connectivity index (χ3n) is 3.87. The Bertz CT molecular complexity index is 538. The molecule has 112 valence electrons. The van der Waals surface area contributed by atoms with Gasteiger partial charge in [0.1, 0.15) is 5.82 Å². The second-order valence-corrected chi connectivity index (χ2v) is 5.79. The zero-order valence-corrected chi connectivity index (χ0v) is 12.9. The average Bonchev–Trinajstić information content (AvgIpc) is 2.48.